The van der Waals surface area contributed by atoms with Crippen molar-refractivity contribution in [3.8, 4) is 11.5 Å². The molecule has 0 fully saturated rings. The van der Waals surface area contributed by atoms with E-state index in [9.17, 15) is 8.78 Å². The Hall–Kier alpha value is -2.30. The van der Waals surface area contributed by atoms with Crippen LogP contribution in [0.15, 0.2) is 47.5 Å². The molecule has 0 saturated carbocycles. The zero-order valence-electron chi connectivity index (χ0n) is 17.6. The third-order valence-electron chi connectivity index (χ3n) is 4.15. The maximum Gasteiger partial charge on any atom is 0.387 e. The average Bonchev–Trinajstić information content (AvgIpc) is 2.70. The highest BCUT2D eigenvalue weighted by Crippen LogP contribution is 2.25. The van der Waals surface area contributed by atoms with Crippen LogP contribution in [-0.2, 0) is 13.1 Å². The number of nitrogens with one attached hydrogen (secondary N) is 2. The van der Waals surface area contributed by atoms with Crippen LogP contribution < -0.4 is 25.0 Å². The normalized spacial score (nSPS) is 11.0. The Balaban J connectivity index is 0.00000450. The van der Waals surface area contributed by atoms with Gasteiger partial charge in [0.25, 0.3) is 0 Å². The van der Waals surface area contributed by atoms with Crippen LogP contribution in [0.2, 0.25) is 0 Å². The minimum atomic E-state index is -2.89. The van der Waals surface area contributed by atoms with Gasteiger partial charge in [-0.3, -0.25) is 0 Å². The Morgan fingerprint density at radius 1 is 1.10 bits per heavy atom. The molecule has 0 spiro atoms. The Kier molecular flexibility index (Phi) is 11.2. The summed E-state index contributed by atoms with van der Waals surface area (Å²) in [7, 11) is 5.50. The minimum absolute atomic E-state index is 0. The molecule has 30 heavy (non-hydrogen) atoms. The van der Waals surface area contributed by atoms with E-state index in [2.05, 4.69) is 20.4 Å². The predicted molar refractivity (Wildman–Crippen MR) is 127 cm³/mol. The number of hydrogen-bond donors (Lipinski definition) is 2. The van der Waals surface area contributed by atoms with Gasteiger partial charge in [-0.05, 0) is 42.8 Å². The molecule has 0 aliphatic heterocycles. The molecule has 2 rings (SSSR count). The topological polar surface area (TPSA) is 58.1 Å². The van der Waals surface area contributed by atoms with Crippen molar-refractivity contribution in [1.82, 2.24) is 10.6 Å². The molecule has 0 unspecified atom stereocenters. The summed E-state index contributed by atoms with van der Waals surface area (Å²) in [4.78, 5) is 6.60. The zero-order valence-corrected chi connectivity index (χ0v) is 19.9. The Labute approximate surface area is 193 Å². The molecular weight excluding hydrogens is 505 g/mol. The highest BCUT2D eigenvalue weighted by Gasteiger charge is 2.11. The van der Waals surface area contributed by atoms with Crippen LogP contribution in [0.25, 0.3) is 0 Å². The molecular formula is C21H29F2IN4O2. The number of anilines is 1. The van der Waals surface area contributed by atoms with E-state index in [1.54, 1.807) is 12.1 Å². The third kappa shape index (κ3) is 8.21. The first-order chi connectivity index (χ1) is 13.9. The highest BCUT2D eigenvalue weighted by molar-refractivity contribution is 14.0. The van der Waals surface area contributed by atoms with Crippen molar-refractivity contribution < 1.29 is 18.3 Å². The fourth-order valence-electron chi connectivity index (χ4n) is 2.62. The summed E-state index contributed by atoms with van der Waals surface area (Å²) < 4.78 is 35.1. The number of hydrogen-bond acceptors (Lipinski definition) is 4. The van der Waals surface area contributed by atoms with Gasteiger partial charge in [-0.2, -0.15) is 8.78 Å². The number of nitrogens with zero attached hydrogens (tertiary/aromatic N) is 2. The molecule has 166 valence electrons. The zero-order chi connectivity index (χ0) is 21.2. The molecule has 0 aromatic heterocycles. The van der Waals surface area contributed by atoms with Gasteiger partial charge >= 0.3 is 6.61 Å². The number of alkyl halides is 2. The molecule has 0 amide bonds. The van der Waals surface area contributed by atoms with Crippen LogP contribution >= 0.6 is 24.0 Å². The lowest BCUT2D eigenvalue weighted by atomic mass is 10.2. The van der Waals surface area contributed by atoms with Gasteiger partial charge in [0.15, 0.2) is 5.96 Å². The molecule has 0 saturated heterocycles. The summed E-state index contributed by atoms with van der Waals surface area (Å²) in [5, 5.41) is 6.30. The number of halogens is 3. The van der Waals surface area contributed by atoms with Crippen LogP contribution in [0.4, 0.5) is 14.5 Å². The van der Waals surface area contributed by atoms with E-state index >= 15 is 0 Å². The number of benzene rings is 2. The molecule has 2 aromatic rings. The van der Waals surface area contributed by atoms with E-state index in [4.69, 9.17) is 4.74 Å². The van der Waals surface area contributed by atoms with Crippen molar-refractivity contribution in [2.75, 3.05) is 32.6 Å². The van der Waals surface area contributed by atoms with Crippen molar-refractivity contribution in [1.29, 1.82) is 0 Å². The molecule has 0 radical (unpaired) electrons. The van der Waals surface area contributed by atoms with Crippen molar-refractivity contribution in [2.24, 2.45) is 4.99 Å². The van der Waals surface area contributed by atoms with Crippen molar-refractivity contribution >= 4 is 35.6 Å². The molecule has 0 heterocycles. The molecule has 0 aliphatic rings. The lowest BCUT2D eigenvalue weighted by molar-refractivity contribution is -0.0504. The number of rotatable bonds is 9. The molecule has 0 bridgehead atoms. The van der Waals surface area contributed by atoms with Crippen LogP contribution in [0, 0.1) is 0 Å². The summed E-state index contributed by atoms with van der Waals surface area (Å²) in [5.41, 5.74) is 2.73. The van der Waals surface area contributed by atoms with E-state index in [1.807, 2.05) is 50.2 Å². The summed E-state index contributed by atoms with van der Waals surface area (Å²) in [6, 6.07) is 12.8. The molecule has 6 nitrogen and oxygen atoms in total. The standard InChI is InChI=1S/C21H28F2N4O2.HI/c1-5-24-21(25-13-15-6-8-17(9-7-15)27(2)3)26-14-16-12-18(28-4)10-11-19(16)29-20(22)23;/h6-12,20H,5,13-14H2,1-4H3,(H2,24,25,26);1H. The lowest BCUT2D eigenvalue weighted by Gasteiger charge is -2.15. The summed E-state index contributed by atoms with van der Waals surface area (Å²) in [6.45, 7) is 0.477. The van der Waals surface area contributed by atoms with Crippen LogP contribution in [-0.4, -0.2) is 40.3 Å². The van der Waals surface area contributed by atoms with Gasteiger partial charge in [-0.1, -0.05) is 12.1 Å². The molecule has 0 atom stereocenters. The molecule has 2 aromatic carbocycles. The fraction of sp³-hybridized carbons (Fsp3) is 0.381. The number of ether oxygens (including phenoxy) is 2. The fourth-order valence-corrected chi connectivity index (χ4v) is 2.62. The van der Waals surface area contributed by atoms with E-state index in [0.717, 1.165) is 11.3 Å². The maximum atomic E-state index is 12.7. The first-order valence-corrected chi connectivity index (χ1v) is 9.33. The Bertz CT molecular complexity index is 802. The van der Waals surface area contributed by atoms with Crippen molar-refractivity contribution in [3.05, 3.63) is 53.6 Å². The minimum Gasteiger partial charge on any atom is -0.497 e. The molecule has 2 N–H and O–H groups in total. The largest absolute Gasteiger partial charge is 0.497 e. The van der Waals surface area contributed by atoms with Crippen LogP contribution in [0.5, 0.6) is 11.5 Å². The van der Waals surface area contributed by atoms with Gasteiger partial charge in [0, 0.05) is 38.4 Å². The molecule has 0 aliphatic carbocycles. The summed E-state index contributed by atoms with van der Waals surface area (Å²) >= 11 is 0. The second kappa shape index (κ2) is 13.1. The van der Waals surface area contributed by atoms with E-state index in [0.29, 0.717) is 30.4 Å². The quantitative estimate of drug-likeness (QED) is 0.287. The highest BCUT2D eigenvalue weighted by atomic mass is 127. The smallest absolute Gasteiger partial charge is 0.387 e. The van der Waals surface area contributed by atoms with E-state index in [-0.39, 0.29) is 36.3 Å². The van der Waals surface area contributed by atoms with Gasteiger partial charge in [0.1, 0.15) is 11.5 Å². The number of methoxy groups -OCH3 is 1. The van der Waals surface area contributed by atoms with Gasteiger partial charge in [0.05, 0.1) is 13.7 Å². The monoisotopic (exact) mass is 534 g/mol. The van der Waals surface area contributed by atoms with Gasteiger partial charge in [-0.25, -0.2) is 4.99 Å². The molecule has 9 heteroatoms. The number of aliphatic imine (C=N–C) groups is 1. The maximum absolute atomic E-state index is 12.7. The van der Waals surface area contributed by atoms with E-state index < -0.39 is 6.61 Å². The third-order valence-corrected chi connectivity index (χ3v) is 4.15. The van der Waals surface area contributed by atoms with Crippen molar-refractivity contribution in [3.63, 3.8) is 0 Å². The summed E-state index contributed by atoms with van der Waals surface area (Å²) in [6.07, 6.45) is 0. The SMILES string of the molecule is CCNC(=NCc1ccc(N(C)C)cc1)NCc1cc(OC)ccc1OC(F)F.I. The van der Waals surface area contributed by atoms with Gasteiger partial charge in [0.2, 0.25) is 0 Å². The van der Waals surface area contributed by atoms with Crippen LogP contribution in [0.3, 0.4) is 0 Å². The van der Waals surface area contributed by atoms with Gasteiger partial charge < -0.3 is 25.0 Å². The van der Waals surface area contributed by atoms with Crippen molar-refractivity contribution in [2.45, 2.75) is 26.6 Å². The lowest BCUT2D eigenvalue weighted by Crippen LogP contribution is -2.36. The average molecular weight is 534 g/mol. The second-order valence-corrected chi connectivity index (χ2v) is 6.46. The predicted octanol–water partition coefficient (Wildman–Crippen LogP) is 4.24. The Morgan fingerprint density at radius 2 is 1.80 bits per heavy atom. The first-order valence-electron chi connectivity index (χ1n) is 9.33. The van der Waals surface area contributed by atoms with Crippen LogP contribution in [0.1, 0.15) is 18.1 Å². The van der Waals surface area contributed by atoms with E-state index in [1.165, 1.54) is 13.2 Å². The Morgan fingerprint density at radius 3 is 2.37 bits per heavy atom. The number of guanidine groups is 1. The first kappa shape index (κ1) is 25.7. The second-order valence-electron chi connectivity index (χ2n) is 6.46. The van der Waals surface area contributed by atoms with Gasteiger partial charge in [-0.15, -0.1) is 24.0 Å². The summed E-state index contributed by atoms with van der Waals surface area (Å²) in [5.74, 6) is 1.24.